The molecule has 2 aromatic heterocycles. The zero-order chi connectivity index (χ0) is 18.8. The molecule has 3 aromatic rings. The molecular formula is C20H19FN4O2. The van der Waals surface area contributed by atoms with Crippen molar-refractivity contribution in [2.75, 3.05) is 13.7 Å². The molecule has 138 valence electrons. The second kappa shape index (κ2) is 7.28. The molecule has 0 amide bonds. The van der Waals surface area contributed by atoms with Crippen LogP contribution in [-0.2, 0) is 19.5 Å². The summed E-state index contributed by atoms with van der Waals surface area (Å²) in [5.41, 5.74) is 2.70. The zero-order valence-corrected chi connectivity index (χ0v) is 14.9. The normalized spacial score (nSPS) is 14.0. The van der Waals surface area contributed by atoms with E-state index in [4.69, 9.17) is 4.74 Å². The number of nitrogens with one attached hydrogen (secondary N) is 1. The number of rotatable bonds is 4. The molecule has 1 aromatic carbocycles. The van der Waals surface area contributed by atoms with E-state index in [2.05, 4.69) is 19.9 Å². The minimum Gasteiger partial charge on any atom is -0.494 e. The third-order valence-electron chi connectivity index (χ3n) is 4.76. The molecule has 3 heterocycles. The van der Waals surface area contributed by atoms with Crippen LogP contribution in [0.15, 0.2) is 47.5 Å². The average molecular weight is 366 g/mol. The fourth-order valence-corrected chi connectivity index (χ4v) is 3.35. The van der Waals surface area contributed by atoms with Gasteiger partial charge in [-0.15, -0.1) is 0 Å². The predicted octanol–water partition coefficient (Wildman–Crippen LogP) is 2.54. The fraction of sp³-hybridized carbons (Fsp3) is 0.250. The third-order valence-corrected chi connectivity index (χ3v) is 4.76. The Bertz CT molecular complexity index is 1020. The van der Waals surface area contributed by atoms with Gasteiger partial charge in [-0.3, -0.25) is 14.7 Å². The summed E-state index contributed by atoms with van der Waals surface area (Å²) in [7, 11) is 1.45. The topological polar surface area (TPSA) is 71.1 Å². The molecule has 0 spiro atoms. The number of fused-ring (bicyclic) bond motifs is 1. The van der Waals surface area contributed by atoms with Crippen LogP contribution in [0.5, 0.6) is 5.75 Å². The van der Waals surface area contributed by atoms with Crippen molar-refractivity contribution in [3.8, 4) is 17.1 Å². The van der Waals surface area contributed by atoms with Gasteiger partial charge >= 0.3 is 0 Å². The number of H-pyrrole nitrogens is 1. The van der Waals surface area contributed by atoms with Crippen molar-refractivity contribution in [3.63, 3.8) is 0 Å². The van der Waals surface area contributed by atoms with Crippen molar-refractivity contribution < 1.29 is 9.13 Å². The third kappa shape index (κ3) is 3.46. The number of benzene rings is 1. The van der Waals surface area contributed by atoms with Gasteiger partial charge in [-0.05, 0) is 24.6 Å². The second-order valence-corrected chi connectivity index (χ2v) is 6.47. The van der Waals surface area contributed by atoms with E-state index in [9.17, 15) is 9.18 Å². The molecule has 1 aliphatic heterocycles. The molecule has 0 aliphatic carbocycles. The Morgan fingerprint density at radius 1 is 1.26 bits per heavy atom. The monoisotopic (exact) mass is 366 g/mol. The summed E-state index contributed by atoms with van der Waals surface area (Å²) in [5, 5.41) is 0. The van der Waals surface area contributed by atoms with E-state index >= 15 is 0 Å². The van der Waals surface area contributed by atoms with E-state index in [1.54, 1.807) is 42.7 Å². The summed E-state index contributed by atoms with van der Waals surface area (Å²) in [6, 6.07) is 8.74. The van der Waals surface area contributed by atoms with Crippen molar-refractivity contribution in [1.82, 2.24) is 19.9 Å². The molecule has 1 N–H and O–H groups in total. The second-order valence-electron chi connectivity index (χ2n) is 6.47. The summed E-state index contributed by atoms with van der Waals surface area (Å²) in [5.74, 6) is 0.414. The van der Waals surface area contributed by atoms with Gasteiger partial charge < -0.3 is 9.72 Å². The van der Waals surface area contributed by atoms with Crippen LogP contribution in [0.1, 0.15) is 16.8 Å². The highest BCUT2D eigenvalue weighted by Crippen LogP contribution is 2.24. The number of methoxy groups -OCH3 is 1. The lowest BCUT2D eigenvalue weighted by molar-refractivity contribution is 0.236. The molecular weight excluding hydrogens is 347 g/mol. The Hall–Kier alpha value is -3.06. The molecule has 6 nitrogen and oxygen atoms in total. The molecule has 0 radical (unpaired) electrons. The van der Waals surface area contributed by atoms with E-state index < -0.39 is 0 Å². The fourth-order valence-electron chi connectivity index (χ4n) is 3.35. The van der Waals surface area contributed by atoms with Gasteiger partial charge in [0.1, 0.15) is 5.82 Å². The van der Waals surface area contributed by atoms with Gasteiger partial charge in [0.15, 0.2) is 11.6 Å². The molecule has 0 atom stereocenters. The minimum absolute atomic E-state index is 0.112. The van der Waals surface area contributed by atoms with Gasteiger partial charge in [-0.1, -0.05) is 12.1 Å². The Morgan fingerprint density at radius 2 is 2.07 bits per heavy atom. The molecule has 0 fully saturated rings. The first-order valence-electron chi connectivity index (χ1n) is 8.72. The number of ether oxygens (including phenoxy) is 1. The number of halogens is 1. The average Bonchev–Trinajstić information content (AvgIpc) is 2.70. The first-order chi connectivity index (χ1) is 13.2. The van der Waals surface area contributed by atoms with Crippen LogP contribution in [0.4, 0.5) is 4.39 Å². The molecule has 1 aliphatic rings. The number of nitrogens with zero attached hydrogens (tertiary/aromatic N) is 3. The molecule has 0 saturated heterocycles. The first-order valence-corrected chi connectivity index (χ1v) is 8.72. The lowest BCUT2D eigenvalue weighted by Gasteiger charge is -2.28. The molecule has 27 heavy (non-hydrogen) atoms. The van der Waals surface area contributed by atoms with Gasteiger partial charge in [-0.2, -0.15) is 0 Å². The quantitative estimate of drug-likeness (QED) is 0.768. The zero-order valence-electron chi connectivity index (χ0n) is 14.9. The molecule has 7 heteroatoms. The van der Waals surface area contributed by atoms with Gasteiger partial charge in [0, 0.05) is 48.7 Å². The van der Waals surface area contributed by atoms with E-state index in [0.29, 0.717) is 43.0 Å². The standard InChI is InChI=1S/C20H19FN4O2/c1-27-17-4-2-3-14(18(17)21)11-25-10-7-15-16(12-25)23-19(24-20(15)26)13-5-8-22-9-6-13/h2-6,8-9H,7,10-12H2,1H3,(H,23,24,26). The largest absolute Gasteiger partial charge is 0.494 e. The van der Waals surface area contributed by atoms with Crippen LogP contribution in [0.25, 0.3) is 11.4 Å². The highest BCUT2D eigenvalue weighted by atomic mass is 19.1. The van der Waals surface area contributed by atoms with Gasteiger partial charge in [0.05, 0.1) is 12.8 Å². The maximum absolute atomic E-state index is 14.4. The number of aromatic nitrogens is 3. The summed E-state index contributed by atoms with van der Waals surface area (Å²) < 4.78 is 19.5. The summed E-state index contributed by atoms with van der Waals surface area (Å²) >= 11 is 0. The number of hydrogen-bond donors (Lipinski definition) is 1. The highest BCUT2D eigenvalue weighted by molar-refractivity contribution is 5.54. The van der Waals surface area contributed by atoms with Crippen LogP contribution >= 0.6 is 0 Å². The molecule has 0 unspecified atom stereocenters. The summed E-state index contributed by atoms with van der Waals surface area (Å²) in [6.07, 6.45) is 3.90. The van der Waals surface area contributed by atoms with Crippen molar-refractivity contribution in [2.24, 2.45) is 0 Å². The number of pyridine rings is 1. The van der Waals surface area contributed by atoms with Crippen molar-refractivity contribution >= 4 is 0 Å². The van der Waals surface area contributed by atoms with E-state index in [0.717, 1.165) is 11.3 Å². The Morgan fingerprint density at radius 3 is 2.85 bits per heavy atom. The SMILES string of the molecule is COc1cccc(CN2CCc3c(nc(-c4ccncc4)[nH]c3=O)C2)c1F. The summed E-state index contributed by atoms with van der Waals surface area (Å²) in [4.78, 5) is 26.0. The lowest BCUT2D eigenvalue weighted by atomic mass is 10.0. The number of aromatic amines is 1. The Kier molecular flexibility index (Phi) is 4.68. The van der Waals surface area contributed by atoms with E-state index in [1.165, 1.54) is 7.11 Å². The predicted molar refractivity (Wildman–Crippen MR) is 98.9 cm³/mol. The van der Waals surface area contributed by atoms with Gasteiger partial charge in [0.2, 0.25) is 0 Å². The molecule has 0 saturated carbocycles. The van der Waals surface area contributed by atoms with Crippen molar-refractivity contribution in [2.45, 2.75) is 19.5 Å². The Labute approximate surface area is 155 Å². The molecule has 0 bridgehead atoms. The summed E-state index contributed by atoms with van der Waals surface area (Å²) in [6.45, 7) is 1.60. The minimum atomic E-state index is -0.345. The van der Waals surface area contributed by atoms with E-state index in [-0.39, 0.29) is 17.1 Å². The van der Waals surface area contributed by atoms with Crippen LogP contribution in [0, 0.1) is 5.82 Å². The maximum Gasteiger partial charge on any atom is 0.254 e. The highest BCUT2D eigenvalue weighted by Gasteiger charge is 2.22. The maximum atomic E-state index is 14.4. The molecule has 4 rings (SSSR count). The van der Waals surface area contributed by atoms with Crippen molar-refractivity contribution in [3.05, 3.63) is 75.7 Å². The Balaban J connectivity index is 1.61. The van der Waals surface area contributed by atoms with Crippen molar-refractivity contribution in [1.29, 1.82) is 0 Å². The lowest BCUT2D eigenvalue weighted by Crippen LogP contribution is -2.35. The van der Waals surface area contributed by atoms with E-state index in [1.807, 2.05) is 0 Å². The van der Waals surface area contributed by atoms with Crippen LogP contribution in [0.2, 0.25) is 0 Å². The van der Waals surface area contributed by atoms with Gasteiger partial charge in [0.25, 0.3) is 5.56 Å². The van der Waals surface area contributed by atoms with Crippen LogP contribution in [-0.4, -0.2) is 33.5 Å². The van der Waals surface area contributed by atoms with Gasteiger partial charge in [-0.25, -0.2) is 9.37 Å². The van der Waals surface area contributed by atoms with Crippen LogP contribution in [0.3, 0.4) is 0 Å². The smallest absolute Gasteiger partial charge is 0.254 e. The van der Waals surface area contributed by atoms with Crippen LogP contribution < -0.4 is 10.3 Å². The first kappa shape index (κ1) is 17.4. The number of hydrogen-bond acceptors (Lipinski definition) is 5.